The van der Waals surface area contributed by atoms with Crippen molar-refractivity contribution in [3.8, 4) is 0 Å². The highest BCUT2D eigenvalue weighted by Gasteiger charge is 2.17. The van der Waals surface area contributed by atoms with E-state index < -0.39 is 5.97 Å². The number of halogens is 1. The van der Waals surface area contributed by atoms with Gasteiger partial charge in [0.1, 0.15) is 0 Å². The Hall–Kier alpha value is -1.56. The van der Waals surface area contributed by atoms with Gasteiger partial charge in [-0.3, -0.25) is 0 Å². The summed E-state index contributed by atoms with van der Waals surface area (Å²) in [5.41, 5.74) is 0.728. The molecule has 5 nitrogen and oxygen atoms in total. The second-order valence-corrected chi connectivity index (χ2v) is 5.57. The van der Waals surface area contributed by atoms with Crippen molar-refractivity contribution in [2.24, 2.45) is 0 Å². The van der Waals surface area contributed by atoms with Crippen LogP contribution in [0.2, 0.25) is 0 Å². The summed E-state index contributed by atoms with van der Waals surface area (Å²) in [5, 5.41) is 11.7. The number of carbonyl (C=O) groups excluding carboxylic acids is 1. The SMILES string of the molecule is CCCN(C(=O)Nc1ccc(C(=O)O)cc1Br)C(C)C. The maximum atomic E-state index is 12.2. The molecule has 0 aliphatic carbocycles. The fraction of sp³-hybridized carbons (Fsp3) is 0.429. The number of benzene rings is 1. The van der Waals surface area contributed by atoms with Crippen LogP contribution in [0.5, 0.6) is 0 Å². The molecule has 0 aliphatic rings. The molecule has 1 aromatic carbocycles. The molecule has 6 heteroatoms. The van der Waals surface area contributed by atoms with Gasteiger partial charge in [0.05, 0.1) is 11.3 Å². The molecule has 0 aromatic heterocycles. The first-order valence-corrected chi connectivity index (χ1v) is 7.26. The van der Waals surface area contributed by atoms with Gasteiger partial charge in [-0.25, -0.2) is 9.59 Å². The number of anilines is 1. The van der Waals surface area contributed by atoms with Crippen LogP contribution >= 0.6 is 15.9 Å². The minimum Gasteiger partial charge on any atom is -0.478 e. The Balaban J connectivity index is 2.87. The van der Waals surface area contributed by atoms with Gasteiger partial charge in [0.25, 0.3) is 0 Å². The first-order valence-electron chi connectivity index (χ1n) is 6.47. The number of nitrogens with one attached hydrogen (secondary N) is 1. The molecule has 1 rings (SSSR count). The van der Waals surface area contributed by atoms with Crippen LogP contribution in [0, 0.1) is 0 Å². The number of carboxylic acids is 1. The zero-order valence-electron chi connectivity index (χ0n) is 11.8. The van der Waals surface area contributed by atoms with Crippen LogP contribution in [0.1, 0.15) is 37.6 Å². The molecule has 2 N–H and O–H groups in total. The van der Waals surface area contributed by atoms with E-state index in [2.05, 4.69) is 21.2 Å². The average molecular weight is 343 g/mol. The first-order chi connectivity index (χ1) is 9.36. The lowest BCUT2D eigenvalue weighted by Crippen LogP contribution is -2.40. The minimum atomic E-state index is -1.00. The third kappa shape index (κ3) is 4.23. The number of urea groups is 1. The van der Waals surface area contributed by atoms with E-state index in [-0.39, 0.29) is 17.6 Å². The molecular weight excluding hydrogens is 324 g/mol. The number of aromatic carboxylic acids is 1. The normalized spacial score (nSPS) is 10.4. The van der Waals surface area contributed by atoms with E-state index in [1.165, 1.54) is 12.1 Å². The van der Waals surface area contributed by atoms with Crippen LogP contribution < -0.4 is 5.32 Å². The number of hydrogen-bond acceptors (Lipinski definition) is 2. The van der Waals surface area contributed by atoms with E-state index in [0.29, 0.717) is 16.7 Å². The zero-order valence-corrected chi connectivity index (χ0v) is 13.4. The van der Waals surface area contributed by atoms with Crippen molar-refractivity contribution in [2.45, 2.75) is 33.2 Å². The topological polar surface area (TPSA) is 69.6 Å². The summed E-state index contributed by atoms with van der Waals surface area (Å²) in [7, 11) is 0. The fourth-order valence-electron chi connectivity index (χ4n) is 1.77. The number of rotatable bonds is 5. The summed E-state index contributed by atoms with van der Waals surface area (Å²) < 4.78 is 0.547. The summed E-state index contributed by atoms with van der Waals surface area (Å²) in [6.45, 7) is 6.60. The van der Waals surface area contributed by atoms with Crippen LogP contribution in [0.4, 0.5) is 10.5 Å². The predicted molar refractivity (Wildman–Crippen MR) is 82.3 cm³/mol. The van der Waals surface area contributed by atoms with E-state index in [0.717, 1.165) is 6.42 Å². The lowest BCUT2D eigenvalue weighted by atomic mass is 10.2. The van der Waals surface area contributed by atoms with Crippen molar-refractivity contribution in [1.29, 1.82) is 0 Å². The van der Waals surface area contributed by atoms with Crippen molar-refractivity contribution in [3.05, 3.63) is 28.2 Å². The maximum Gasteiger partial charge on any atom is 0.335 e. The molecule has 0 unspecified atom stereocenters. The Morgan fingerprint density at radius 3 is 2.50 bits per heavy atom. The highest BCUT2D eigenvalue weighted by Crippen LogP contribution is 2.24. The molecule has 0 saturated carbocycles. The number of carboxylic acid groups (broad SMARTS) is 1. The quantitative estimate of drug-likeness (QED) is 0.854. The molecule has 0 atom stereocenters. The Kier molecular flexibility index (Phi) is 6.01. The van der Waals surface area contributed by atoms with Crippen LogP contribution in [0.25, 0.3) is 0 Å². The molecule has 0 radical (unpaired) electrons. The molecule has 1 aromatic rings. The van der Waals surface area contributed by atoms with Crippen molar-refractivity contribution in [1.82, 2.24) is 4.90 Å². The van der Waals surface area contributed by atoms with E-state index in [9.17, 15) is 9.59 Å². The zero-order chi connectivity index (χ0) is 15.3. The number of nitrogens with zero attached hydrogens (tertiary/aromatic N) is 1. The number of carbonyl (C=O) groups is 2. The second kappa shape index (κ2) is 7.28. The van der Waals surface area contributed by atoms with E-state index >= 15 is 0 Å². The Morgan fingerprint density at radius 2 is 2.05 bits per heavy atom. The predicted octanol–water partition coefficient (Wildman–Crippen LogP) is 3.80. The van der Waals surface area contributed by atoms with Gasteiger partial charge >= 0.3 is 12.0 Å². The van der Waals surface area contributed by atoms with Crippen molar-refractivity contribution in [2.75, 3.05) is 11.9 Å². The smallest absolute Gasteiger partial charge is 0.335 e. The minimum absolute atomic E-state index is 0.104. The van der Waals surface area contributed by atoms with Crippen molar-refractivity contribution >= 4 is 33.6 Å². The molecule has 0 aliphatic heterocycles. The van der Waals surface area contributed by atoms with Crippen LogP contribution in [-0.4, -0.2) is 34.6 Å². The molecule has 2 amide bonds. The van der Waals surface area contributed by atoms with E-state index in [1.54, 1.807) is 11.0 Å². The highest BCUT2D eigenvalue weighted by atomic mass is 79.9. The van der Waals surface area contributed by atoms with Gasteiger partial charge in [-0.15, -0.1) is 0 Å². The van der Waals surface area contributed by atoms with Crippen molar-refractivity contribution in [3.63, 3.8) is 0 Å². The molecular formula is C14H19BrN2O3. The van der Waals surface area contributed by atoms with E-state index in [1.807, 2.05) is 20.8 Å². The Morgan fingerprint density at radius 1 is 1.40 bits per heavy atom. The van der Waals surface area contributed by atoms with Gasteiger partial charge in [0, 0.05) is 17.1 Å². The summed E-state index contributed by atoms with van der Waals surface area (Å²) in [6.07, 6.45) is 0.880. The molecule has 20 heavy (non-hydrogen) atoms. The van der Waals surface area contributed by atoms with Gasteiger partial charge in [-0.2, -0.15) is 0 Å². The molecule has 0 bridgehead atoms. The third-order valence-corrected chi connectivity index (χ3v) is 3.46. The summed E-state index contributed by atoms with van der Waals surface area (Å²) >= 11 is 3.27. The lowest BCUT2D eigenvalue weighted by Gasteiger charge is -2.26. The summed E-state index contributed by atoms with van der Waals surface area (Å²) in [5.74, 6) is -1.00. The van der Waals surface area contributed by atoms with Crippen LogP contribution in [-0.2, 0) is 0 Å². The monoisotopic (exact) mass is 342 g/mol. The molecule has 0 spiro atoms. The fourth-order valence-corrected chi connectivity index (χ4v) is 2.25. The lowest BCUT2D eigenvalue weighted by molar-refractivity contribution is 0.0697. The third-order valence-electron chi connectivity index (χ3n) is 2.81. The highest BCUT2D eigenvalue weighted by molar-refractivity contribution is 9.10. The second-order valence-electron chi connectivity index (χ2n) is 4.72. The van der Waals surface area contributed by atoms with E-state index in [4.69, 9.17) is 5.11 Å². The largest absolute Gasteiger partial charge is 0.478 e. The van der Waals surface area contributed by atoms with Gasteiger partial charge in [0.2, 0.25) is 0 Å². The molecule has 0 fully saturated rings. The van der Waals surface area contributed by atoms with Crippen molar-refractivity contribution < 1.29 is 14.7 Å². The summed E-state index contributed by atoms with van der Waals surface area (Å²) in [4.78, 5) is 24.8. The molecule has 110 valence electrons. The number of amides is 2. The van der Waals surface area contributed by atoms with Gasteiger partial charge in [0.15, 0.2) is 0 Å². The average Bonchev–Trinajstić information content (AvgIpc) is 2.37. The Labute approximate surface area is 127 Å². The first kappa shape index (κ1) is 16.5. The number of hydrogen-bond donors (Lipinski definition) is 2. The molecule has 0 saturated heterocycles. The Bertz CT molecular complexity index is 503. The van der Waals surface area contributed by atoms with Crippen LogP contribution in [0.3, 0.4) is 0 Å². The maximum absolute atomic E-state index is 12.2. The standard InChI is InChI=1S/C14H19BrN2O3/c1-4-7-17(9(2)3)14(20)16-12-6-5-10(13(18)19)8-11(12)15/h5-6,8-9H,4,7H2,1-3H3,(H,16,20)(H,18,19). The van der Waals surface area contributed by atoms with Crippen LogP contribution in [0.15, 0.2) is 22.7 Å². The van der Waals surface area contributed by atoms with Gasteiger partial charge < -0.3 is 15.3 Å². The summed E-state index contributed by atoms with van der Waals surface area (Å²) in [6, 6.07) is 4.42. The van der Waals surface area contributed by atoms with Gasteiger partial charge in [-0.1, -0.05) is 6.92 Å². The molecule has 0 heterocycles. The van der Waals surface area contributed by atoms with Gasteiger partial charge in [-0.05, 0) is 54.4 Å².